The van der Waals surface area contributed by atoms with E-state index in [1.54, 1.807) is 0 Å². The van der Waals surface area contributed by atoms with Crippen molar-refractivity contribution in [2.75, 3.05) is 11.9 Å². The molecule has 1 unspecified atom stereocenters. The summed E-state index contributed by atoms with van der Waals surface area (Å²) in [6, 6.07) is 15.3. The molecule has 152 valence electrons. The Kier molecular flexibility index (Phi) is 9.40. The smallest absolute Gasteiger partial charge is 0.265 e. The van der Waals surface area contributed by atoms with E-state index in [0.29, 0.717) is 6.42 Å². The van der Waals surface area contributed by atoms with Crippen LogP contribution in [0.15, 0.2) is 48.5 Å². The van der Waals surface area contributed by atoms with Crippen LogP contribution >= 0.6 is 0 Å². The Morgan fingerprint density at radius 1 is 0.964 bits per heavy atom. The highest BCUT2D eigenvalue weighted by molar-refractivity contribution is 5.94. The van der Waals surface area contributed by atoms with Gasteiger partial charge < -0.3 is 14.8 Å². The van der Waals surface area contributed by atoms with Gasteiger partial charge in [-0.1, -0.05) is 57.7 Å². The molecule has 0 saturated carbocycles. The van der Waals surface area contributed by atoms with Gasteiger partial charge in [-0.15, -0.1) is 0 Å². The molecular formula is C24H33NO3. The van der Waals surface area contributed by atoms with Gasteiger partial charge in [0.05, 0.1) is 6.61 Å². The summed E-state index contributed by atoms with van der Waals surface area (Å²) in [5.41, 5.74) is 1.76. The number of aryl methyl sites for hydroxylation is 1. The Balaban J connectivity index is 1.81. The van der Waals surface area contributed by atoms with E-state index in [2.05, 4.69) is 12.2 Å². The second-order valence-electron chi connectivity index (χ2n) is 7.06. The standard InChI is InChI=1S/C24H33NO3/c1-4-6-7-8-11-18-27-21-16-14-20(15-17-21)25-24(26)22(5-2)28-23-13-10-9-12-19(23)3/h9-10,12-17,22H,4-8,11,18H2,1-3H3,(H,25,26). The third-order valence-corrected chi connectivity index (χ3v) is 4.66. The molecule has 0 aliphatic carbocycles. The van der Waals surface area contributed by atoms with E-state index in [0.717, 1.165) is 35.8 Å². The molecule has 0 heterocycles. The number of carbonyl (C=O) groups excluding carboxylic acids is 1. The van der Waals surface area contributed by atoms with Crippen LogP contribution in [0, 0.1) is 6.92 Å². The monoisotopic (exact) mass is 383 g/mol. The van der Waals surface area contributed by atoms with Crippen LogP contribution in [0.3, 0.4) is 0 Å². The molecule has 4 nitrogen and oxygen atoms in total. The van der Waals surface area contributed by atoms with E-state index >= 15 is 0 Å². The third-order valence-electron chi connectivity index (χ3n) is 4.66. The number of rotatable bonds is 12. The van der Waals surface area contributed by atoms with E-state index < -0.39 is 6.10 Å². The van der Waals surface area contributed by atoms with Crippen LogP contribution in [-0.2, 0) is 4.79 Å². The molecule has 0 aliphatic heterocycles. The van der Waals surface area contributed by atoms with Crippen LogP contribution < -0.4 is 14.8 Å². The van der Waals surface area contributed by atoms with Crippen LogP contribution in [0.2, 0.25) is 0 Å². The third kappa shape index (κ3) is 7.26. The second-order valence-corrected chi connectivity index (χ2v) is 7.06. The first kappa shape index (κ1) is 21.8. The summed E-state index contributed by atoms with van der Waals surface area (Å²) in [5, 5.41) is 2.93. The van der Waals surface area contributed by atoms with Gasteiger partial charge in [0.1, 0.15) is 11.5 Å². The van der Waals surface area contributed by atoms with Crippen molar-refractivity contribution in [3.05, 3.63) is 54.1 Å². The molecule has 1 N–H and O–H groups in total. The van der Waals surface area contributed by atoms with Crippen LogP contribution in [0.4, 0.5) is 5.69 Å². The fraction of sp³-hybridized carbons (Fsp3) is 0.458. The van der Waals surface area contributed by atoms with Crippen molar-refractivity contribution in [1.29, 1.82) is 0 Å². The summed E-state index contributed by atoms with van der Waals surface area (Å²) >= 11 is 0. The molecule has 0 saturated heterocycles. The number of ether oxygens (including phenoxy) is 2. The van der Waals surface area contributed by atoms with Gasteiger partial charge in [-0.2, -0.15) is 0 Å². The quantitative estimate of drug-likeness (QED) is 0.448. The zero-order chi connectivity index (χ0) is 20.2. The number of nitrogens with one attached hydrogen (secondary N) is 1. The van der Waals surface area contributed by atoms with Gasteiger partial charge in [0.2, 0.25) is 0 Å². The zero-order valence-corrected chi connectivity index (χ0v) is 17.4. The Morgan fingerprint density at radius 2 is 1.68 bits per heavy atom. The minimum absolute atomic E-state index is 0.143. The summed E-state index contributed by atoms with van der Waals surface area (Å²) in [4.78, 5) is 12.6. The van der Waals surface area contributed by atoms with E-state index in [9.17, 15) is 4.79 Å². The number of carbonyl (C=O) groups is 1. The number of hydrogen-bond donors (Lipinski definition) is 1. The topological polar surface area (TPSA) is 47.6 Å². The molecule has 2 rings (SSSR count). The molecule has 2 aromatic rings. The maximum atomic E-state index is 12.6. The van der Waals surface area contributed by atoms with Gasteiger partial charge >= 0.3 is 0 Å². The Bertz CT molecular complexity index is 712. The molecule has 28 heavy (non-hydrogen) atoms. The molecule has 2 aromatic carbocycles. The van der Waals surface area contributed by atoms with E-state index in [-0.39, 0.29) is 5.91 Å². The molecule has 0 aromatic heterocycles. The van der Waals surface area contributed by atoms with Crippen molar-refractivity contribution in [3.63, 3.8) is 0 Å². The van der Waals surface area contributed by atoms with Crippen molar-refractivity contribution in [2.24, 2.45) is 0 Å². The lowest BCUT2D eigenvalue weighted by molar-refractivity contribution is -0.122. The number of unbranched alkanes of at least 4 members (excludes halogenated alkanes) is 4. The van der Waals surface area contributed by atoms with Crippen molar-refractivity contribution in [3.8, 4) is 11.5 Å². The van der Waals surface area contributed by atoms with E-state index in [4.69, 9.17) is 9.47 Å². The number of benzene rings is 2. The van der Waals surface area contributed by atoms with Crippen molar-refractivity contribution >= 4 is 11.6 Å². The predicted octanol–water partition coefficient (Wildman–Crippen LogP) is 6.14. The van der Waals surface area contributed by atoms with Gasteiger partial charge in [0.25, 0.3) is 5.91 Å². The SMILES string of the molecule is CCCCCCCOc1ccc(NC(=O)C(CC)Oc2ccccc2C)cc1. The lowest BCUT2D eigenvalue weighted by Crippen LogP contribution is -2.32. The normalized spacial score (nSPS) is 11.7. The minimum Gasteiger partial charge on any atom is -0.494 e. The summed E-state index contributed by atoms with van der Waals surface area (Å²) in [6.07, 6.45) is 6.17. The molecule has 0 bridgehead atoms. The van der Waals surface area contributed by atoms with E-state index in [1.807, 2.05) is 62.4 Å². The fourth-order valence-electron chi connectivity index (χ4n) is 2.92. The van der Waals surface area contributed by atoms with Gasteiger partial charge in [0, 0.05) is 5.69 Å². The van der Waals surface area contributed by atoms with Crippen LogP contribution in [-0.4, -0.2) is 18.6 Å². The largest absolute Gasteiger partial charge is 0.494 e. The molecule has 0 aliphatic rings. The first-order valence-electron chi connectivity index (χ1n) is 10.4. The van der Waals surface area contributed by atoms with E-state index in [1.165, 1.54) is 25.7 Å². The highest BCUT2D eigenvalue weighted by Gasteiger charge is 2.19. The van der Waals surface area contributed by atoms with Gasteiger partial charge in [0.15, 0.2) is 6.10 Å². The number of amides is 1. The lowest BCUT2D eigenvalue weighted by Gasteiger charge is -2.18. The van der Waals surface area contributed by atoms with Crippen molar-refractivity contribution in [1.82, 2.24) is 0 Å². The summed E-state index contributed by atoms with van der Waals surface area (Å²) in [5.74, 6) is 1.43. The molecule has 0 radical (unpaired) electrons. The van der Waals surface area contributed by atoms with Crippen LogP contribution in [0.1, 0.15) is 57.9 Å². The fourth-order valence-corrected chi connectivity index (χ4v) is 2.92. The Morgan fingerprint density at radius 3 is 2.36 bits per heavy atom. The average molecular weight is 384 g/mol. The number of anilines is 1. The van der Waals surface area contributed by atoms with Gasteiger partial charge in [-0.05, 0) is 55.7 Å². The summed E-state index contributed by atoms with van der Waals surface area (Å²) in [6.45, 7) is 6.87. The summed E-state index contributed by atoms with van der Waals surface area (Å²) < 4.78 is 11.7. The molecule has 4 heteroatoms. The number of para-hydroxylation sites is 1. The highest BCUT2D eigenvalue weighted by atomic mass is 16.5. The second kappa shape index (κ2) is 12.1. The maximum Gasteiger partial charge on any atom is 0.265 e. The molecule has 1 atom stereocenters. The maximum absolute atomic E-state index is 12.6. The average Bonchev–Trinajstić information content (AvgIpc) is 2.71. The molecule has 0 spiro atoms. The molecule has 1 amide bonds. The highest BCUT2D eigenvalue weighted by Crippen LogP contribution is 2.20. The summed E-state index contributed by atoms with van der Waals surface area (Å²) in [7, 11) is 0. The van der Waals surface area contributed by atoms with Gasteiger partial charge in [-0.25, -0.2) is 0 Å². The van der Waals surface area contributed by atoms with Crippen LogP contribution in [0.25, 0.3) is 0 Å². The van der Waals surface area contributed by atoms with Crippen LogP contribution in [0.5, 0.6) is 11.5 Å². The first-order chi connectivity index (χ1) is 13.6. The van der Waals surface area contributed by atoms with Crippen molar-refractivity contribution in [2.45, 2.75) is 65.4 Å². The number of hydrogen-bond acceptors (Lipinski definition) is 3. The molecule has 0 fully saturated rings. The lowest BCUT2D eigenvalue weighted by atomic mass is 10.2. The Hall–Kier alpha value is -2.49. The van der Waals surface area contributed by atoms with Crippen molar-refractivity contribution < 1.29 is 14.3 Å². The van der Waals surface area contributed by atoms with Gasteiger partial charge in [-0.3, -0.25) is 4.79 Å². The predicted molar refractivity (Wildman–Crippen MR) is 115 cm³/mol. The first-order valence-corrected chi connectivity index (χ1v) is 10.4. The minimum atomic E-state index is -0.528. The zero-order valence-electron chi connectivity index (χ0n) is 17.4. The molecular weight excluding hydrogens is 350 g/mol. The Labute approximate surface area is 169 Å².